The van der Waals surface area contributed by atoms with Gasteiger partial charge in [0.05, 0.1) is 6.61 Å². The number of benzene rings is 2. The van der Waals surface area contributed by atoms with E-state index < -0.39 is 0 Å². The van der Waals surface area contributed by atoms with Crippen LogP contribution in [-0.4, -0.2) is 16.8 Å². The van der Waals surface area contributed by atoms with Gasteiger partial charge in [-0.25, -0.2) is 0 Å². The third-order valence-electron chi connectivity index (χ3n) is 3.19. The third-order valence-corrected chi connectivity index (χ3v) is 3.60. The molecule has 0 unspecified atom stereocenters. The molecule has 7 heteroatoms. The van der Waals surface area contributed by atoms with E-state index in [2.05, 4.69) is 27.6 Å². The second-order valence-corrected chi connectivity index (χ2v) is 6.31. The second-order valence-electron chi connectivity index (χ2n) is 5.49. The fourth-order valence-electron chi connectivity index (χ4n) is 2.29. The highest BCUT2D eigenvalue weighted by Gasteiger charge is 2.02. The van der Waals surface area contributed by atoms with E-state index in [9.17, 15) is 0 Å². The van der Waals surface area contributed by atoms with Crippen LogP contribution in [-0.2, 0) is 0 Å². The number of nitrogens with one attached hydrogen (secondary N) is 4. The van der Waals surface area contributed by atoms with Gasteiger partial charge >= 0.3 is 0 Å². The van der Waals surface area contributed by atoms with Gasteiger partial charge in [0.15, 0.2) is 10.2 Å². The van der Waals surface area contributed by atoms with Gasteiger partial charge < -0.3 is 15.4 Å². The minimum atomic E-state index is 0.411. The van der Waals surface area contributed by atoms with Crippen LogP contribution in [0.1, 0.15) is 18.1 Å². The van der Waals surface area contributed by atoms with Crippen molar-refractivity contribution in [3.63, 3.8) is 0 Å². The summed E-state index contributed by atoms with van der Waals surface area (Å²) in [6.07, 6.45) is 0. The lowest BCUT2D eigenvalue weighted by atomic mass is 10.1. The Hall–Kier alpha value is -2.38. The minimum Gasteiger partial charge on any atom is -0.494 e. The lowest BCUT2D eigenvalue weighted by Crippen LogP contribution is -2.45. The molecule has 4 N–H and O–H groups in total. The van der Waals surface area contributed by atoms with Crippen molar-refractivity contribution in [2.45, 2.75) is 20.8 Å². The first-order chi connectivity index (χ1) is 12.0. The summed E-state index contributed by atoms with van der Waals surface area (Å²) in [5.74, 6) is 0.823. The van der Waals surface area contributed by atoms with E-state index in [1.54, 1.807) is 0 Å². The number of anilines is 2. The van der Waals surface area contributed by atoms with E-state index in [0.717, 1.165) is 17.1 Å². The van der Waals surface area contributed by atoms with Crippen LogP contribution in [0.25, 0.3) is 0 Å². The molecule has 0 saturated heterocycles. The molecule has 0 spiro atoms. The number of thiocarbonyl (C=S) groups is 2. The number of hydrogen-bond donors (Lipinski definition) is 4. The van der Waals surface area contributed by atoms with E-state index >= 15 is 0 Å². The molecule has 25 heavy (non-hydrogen) atoms. The molecule has 0 atom stereocenters. The maximum absolute atomic E-state index is 5.40. The van der Waals surface area contributed by atoms with Gasteiger partial charge in [0.2, 0.25) is 0 Å². The second kappa shape index (κ2) is 9.19. The van der Waals surface area contributed by atoms with Crippen LogP contribution in [0.15, 0.2) is 42.5 Å². The van der Waals surface area contributed by atoms with Crippen LogP contribution in [0.4, 0.5) is 11.4 Å². The highest BCUT2D eigenvalue weighted by Crippen LogP contribution is 2.15. The van der Waals surface area contributed by atoms with Crippen molar-refractivity contribution < 1.29 is 4.74 Å². The van der Waals surface area contributed by atoms with E-state index in [-0.39, 0.29) is 0 Å². The van der Waals surface area contributed by atoms with Gasteiger partial charge in [-0.05, 0) is 92.7 Å². The van der Waals surface area contributed by atoms with Crippen LogP contribution in [0.5, 0.6) is 5.75 Å². The molecule has 2 aromatic rings. The van der Waals surface area contributed by atoms with Crippen molar-refractivity contribution in [3.05, 3.63) is 53.6 Å². The standard InChI is InChI=1S/C18H22N4OS2/c1-4-23-16-7-5-14(6-8-16)19-17(24)21-22-18(25)20-15-10-12(2)9-13(3)11-15/h5-11H,4H2,1-3H3,(H2,19,21,24)(H2,20,22,25). The highest BCUT2D eigenvalue weighted by molar-refractivity contribution is 7.81. The van der Waals surface area contributed by atoms with E-state index in [1.807, 2.05) is 57.2 Å². The molecule has 0 aliphatic heterocycles. The summed E-state index contributed by atoms with van der Waals surface area (Å²) in [6.45, 7) is 6.68. The topological polar surface area (TPSA) is 57.4 Å². The molecule has 2 aromatic carbocycles. The molecular formula is C18H22N4OS2. The largest absolute Gasteiger partial charge is 0.494 e. The molecule has 0 radical (unpaired) electrons. The smallest absolute Gasteiger partial charge is 0.189 e. The lowest BCUT2D eigenvalue weighted by molar-refractivity contribution is 0.340. The molecule has 0 heterocycles. The molecule has 132 valence electrons. The van der Waals surface area contributed by atoms with Gasteiger partial charge in [0, 0.05) is 11.4 Å². The Kier molecular flexibility index (Phi) is 6.97. The van der Waals surface area contributed by atoms with Gasteiger partial charge in [-0.1, -0.05) is 6.07 Å². The molecule has 0 aliphatic rings. The van der Waals surface area contributed by atoms with Crippen molar-refractivity contribution in [2.75, 3.05) is 17.2 Å². The molecule has 0 aromatic heterocycles. The monoisotopic (exact) mass is 374 g/mol. The Labute approximate surface area is 159 Å². The molecule has 0 amide bonds. The Morgan fingerprint density at radius 3 is 1.88 bits per heavy atom. The quantitative estimate of drug-likeness (QED) is 0.478. The predicted octanol–water partition coefficient (Wildman–Crippen LogP) is 3.89. The zero-order valence-corrected chi connectivity index (χ0v) is 16.1. The van der Waals surface area contributed by atoms with Crippen molar-refractivity contribution in [1.82, 2.24) is 10.9 Å². The van der Waals surface area contributed by atoms with Crippen molar-refractivity contribution in [1.29, 1.82) is 0 Å². The molecule has 0 fully saturated rings. The minimum absolute atomic E-state index is 0.411. The zero-order chi connectivity index (χ0) is 18.2. The molecule has 0 bridgehead atoms. The van der Waals surface area contributed by atoms with Crippen LogP contribution < -0.4 is 26.2 Å². The summed E-state index contributed by atoms with van der Waals surface area (Å²) in [4.78, 5) is 0. The average Bonchev–Trinajstić information content (AvgIpc) is 2.54. The van der Waals surface area contributed by atoms with Gasteiger partial charge in [-0.2, -0.15) is 0 Å². The summed E-state index contributed by atoms with van der Waals surface area (Å²) in [5, 5.41) is 7.02. The van der Waals surface area contributed by atoms with Crippen LogP contribution >= 0.6 is 24.4 Å². The fraction of sp³-hybridized carbons (Fsp3) is 0.222. The first-order valence-corrected chi connectivity index (χ1v) is 8.73. The summed E-state index contributed by atoms with van der Waals surface area (Å²) in [6, 6.07) is 13.7. The van der Waals surface area contributed by atoms with Crippen LogP contribution in [0.3, 0.4) is 0 Å². The fourth-order valence-corrected chi connectivity index (χ4v) is 2.62. The number of hydrogen-bond acceptors (Lipinski definition) is 3. The maximum atomic E-state index is 5.40. The Balaban J connectivity index is 1.79. The Bertz CT molecular complexity index is 727. The Morgan fingerprint density at radius 2 is 1.36 bits per heavy atom. The number of hydrazine groups is 1. The molecular weight excluding hydrogens is 352 g/mol. The van der Waals surface area contributed by atoms with Gasteiger partial charge in [0.1, 0.15) is 5.75 Å². The van der Waals surface area contributed by atoms with Crippen molar-refractivity contribution in [3.8, 4) is 5.75 Å². The first kappa shape index (κ1) is 19.0. The van der Waals surface area contributed by atoms with Crippen molar-refractivity contribution in [2.24, 2.45) is 0 Å². The molecule has 2 rings (SSSR count). The van der Waals surface area contributed by atoms with Crippen molar-refractivity contribution >= 4 is 46.0 Å². The summed E-state index contributed by atoms with van der Waals surface area (Å²) < 4.78 is 5.40. The van der Waals surface area contributed by atoms with E-state index in [1.165, 1.54) is 11.1 Å². The molecule has 5 nitrogen and oxygen atoms in total. The molecule has 0 aliphatic carbocycles. The summed E-state index contributed by atoms with van der Waals surface area (Å²) in [7, 11) is 0. The van der Waals surface area contributed by atoms with Gasteiger partial charge in [-0.15, -0.1) is 0 Å². The summed E-state index contributed by atoms with van der Waals surface area (Å²) in [5.41, 5.74) is 9.85. The van der Waals surface area contributed by atoms with Crippen LogP contribution in [0.2, 0.25) is 0 Å². The maximum Gasteiger partial charge on any atom is 0.189 e. The van der Waals surface area contributed by atoms with E-state index in [0.29, 0.717) is 16.8 Å². The van der Waals surface area contributed by atoms with E-state index in [4.69, 9.17) is 29.2 Å². The predicted molar refractivity (Wildman–Crippen MR) is 112 cm³/mol. The van der Waals surface area contributed by atoms with Crippen LogP contribution in [0, 0.1) is 13.8 Å². The zero-order valence-electron chi connectivity index (χ0n) is 14.5. The molecule has 0 saturated carbocycles. The third kappa shape index (κ3) is 6.56. The summed E-state index contributed by atoms with van der Waals surface area (Å²) >= 11 is 10.5. The first-order valence-electron chi connectivity index (χ1n) is 7.91. The number of rotatable bonds is 4. The van der Waals surface area contributed by atoms with Gasteiger partial charge in [0.25, 0.3) is 0 Å². The van der Waals surface area contributed by atoms with Gasteiger partial charge in [-0.3, -0.25) is 10.9 Å². The number of ether oxygens (including phenoxy) is 1. The normalized spacial score (nSPS) is 9.88. The SMILES string of the molecule is CCOc1ccc(NC(=S)NNC(=S)Nc2cc(C)cc(C)c2)cc1. The average molecular weight is 375 g/mol. The lowest BCUT2D eigenvalue weighted by Gasteiger charge is -2.15. The Morgan fingerprint density at radius 1 is 0.840 bits per heavy atom. The highest BCUT2D eigenvalue weighted by atomic mass is 32.1. The number of aryl methyl sites for hydroxylation is 2.